The lowest BCUT2D eigenvalue weighted by Gasteiger charge is -2.37. The fourth-order valence-electron chi connectivity index (χ4n) is 3.45. The van der Waals surface area contributed by atoms with Crippen molar-refractivity contribution in [3.05, 3.63) is 34.9 Å². The Balaban J connectivity index is 1.47. The topological polar surface area (TPSA) is 91.9 Å². The minimum atomic E-state index is -1.28. The molecule has 1 N–H and O–H groups in total. The molecule has 2 heterocycles. The zero-order valence-corrected chi connectivity index (χ0v) is 17.9. The van der Waals surface area contributed by atoms with Crippen molar-refractivity contribution in [2.75, 3.05) is 37.7 Å². The first-order valence-corrected chi connectivity index (χ1v) is 10.3. The molecule has 1 aromatic heterocycles. The highest BCUT2D eigenvalue weighted by atomic mass is 19.1. The Labute approximate surface area is 175 Å². The third kappa shape index (κ3) is 4.89. The van der Waals surface area contributed by atoms with Crippen LogP contribution in [0.1, 0.15) is 54.9 Å². The minimum absolute atomic E-state index is 0.219. The maximum Gasteiger partial charge on any atom is 0.338 e. The summed E-state index contributed by atoms with van der Waals surface area (Å²) in [5.41, 5.74) is -0.121. The molecule has 1 saturated heterocycles. The predicted octanol–water partition coefficient (Wildman–Crippen LogP) is 3.32. The maximum absolute atomic E-state index is 14.1. The molecule has 0 aliphatic carbocycles. The first kappa shape index (κ1) is 22.0. The highest BCUT2D eigenvalue weighted by Gasteiger charge is 2.25. The van der Waals surface area contributed by atoms with E-state index in [1.807, 2.05) is 13.8 Å². The number of halogens is 1. The summed E-state index contributed by atoms with van der Waals surface area (Å²) in [5.74, 6) is -0.684. The third-order valence-corrected chi connectivity index (χ3v) is 5.52. The van der Waals surface area contributed by atoms with E-state index < -0.39 is 11.8 Å². The number of anilines is 1. The van der Waals surface area contributed by atoms with Crippen molar-refractivity contribution in [3.63, 3.8) is 0 Å². The molecule has 1 aliphatic rings. The molecule has 1 aliphatic heterocycles. The van der Waals surface area contributed by atoms with Gasteiger partial charge in [0.2, 0.25) is 0 Å². The van der Waals surface area contributed by atoms with Gasteiger partial charge in [0.1, 0.15) is 11.6 Å². The Morgan fingerprint density at radius 1 is 1.27 bits per heavy atom. The fraction of sp³-hybridized carbons (Fsp3) is 0.571. The predicted molar refractivity (Wildman–Crippen MR) is 110 cm³/mol. The molecule has 9 heteroatoms. The number of aromatic carboxylic acids is 1. The Hall–Kier alpha value is -2.68. The quantitative estimate of drug-likeness (QED) is 0.695. The Kier molecular flexibility index (Phi) is 6.91. The van der Waals surface area contributed by atoms with Crippen LogP contribution in [-0.2, 0) is 0 Å². The molecule has 0 spiro atoms. The monoisotopic (exact) mass is 420 g/mol. The summed E-state index contributed by atoms with van der Waals surface area (Å²) in [6.45, 7) is 11.5. The molecular weight excluding hydrogens is 391 g/mol. The van der Waals surface area contributed by atoms with Crippen molar-refractivity contribution >= 4 is 12.0 Å². The van der Waals surface area contributed by atoms with E-state index in [1.54, 1.807) is 0 Å². The van der Waals surface area contributed by atoms with E-state index in [2.05, 4.69) is 26.9 Å². The molecule has 0 unspecified atom stereocenters. The number of benzene rings is 1. The minimum Gasteiger partial charge on any atom is -0.493 e. The molecule has 3 rings (SSSR count). The Morgan fingerprint density at radius 3 is 2.57 bits per heavy atom. The van der Waals surface area contributed by atoms with Crippen LogP contribution in [0.4, 0.5) is 10.4 Å². The lowest BCUT2D eigenvalue weighted by Crippen LogP contribution is -2.50. The lowest BCUT2D eigenvalue weighted by molar-refractivity contribution is 0.0691. The van der Waals surface area contributed by atoms with E-state index >= 15 is 0 Å². The number of hydrogen-bond donors (Lipinski definition) is 1. The van der Waals surface area contributed by atoms with Gasteiger partial charge in [0, 0.05) is 43.7 Å². The van der Waals surface area contributed by atoms with Gasteiger partial charge < -0.3 is 19.3 Å². The number of piperazine rings is 1. The van der Waals surface area contributed by atoms with Crippen molar-refractivity contribution in [2.24, 2.45) is 0 Å². The number of rotatable bonds is 8. The van der Waals surface area contributed by atoms with Gasteiger partial charge in [-0.3, -0.25) is 4.90 Å². The van der Waals surface area contributed by atoms with Gasteiger partial charge >= 0.3 is 12.0 Å². The van der Waals surface area contributed by atoms with Gasteiger partial charge in [0.25, 0.3) is 0 Å². The van der Waals surface area contributed by atoms with E-state index in [0.29, 0.717) is 24.4 Å². The third-order valence-electron chi connectivity index (χ3n) is 5.52. The van der Waals surface area contributed by atoms with Crippen LogP contribution < -0.4 is 9.64 Å². The van der Waals surface area contributed by atoms with E-state index in [0.717, 1.165) is 38.4 Å². The van der Waals surface area contributed by atoms with Crippen LogP contribution in [0, 0.1) is 12.7 Å². The van der Waals surface area contributed by atoms with Crippen LogP contribution in [0.5, 0.6) is 5.75 Å². The van der Waals surface area contributed by atoms with Crippen molar-refractivity contribution in [1.29, 1.82) is 0 Å². The molecule has 0 amide bonds. The van der Waals surface area contributed by atoms with Gasteiger partial charge in [-0.15, -0.1) is 0 Å². The van der Waals surface area contributed by atoms with Gasteiger partial charge in [-0.2, -0.15) is 4.98 Å². The fourth-order valence-corrected chi connectivity index (χ4v) is 3.45. The van der Waals surface area contributed by atoms with Gasteiger partial charge in [-0.1, -0.05) is 19.0 Å². The van der Waals surface area contributed by atoms with Crippen LogP contribution in [0.25, 0.3) is 0 Å². The Bertz CT molecular complexity index is 878. The van der Waals surface area contributed by atoms with Gasteiger partial charge in [0.05, 0.1) is 12.2 Å². The molecule has 1 atom stereocenters. The van der Waals surface area contributed by atoms with Crippen molar-refractivity contribution in [3.8, 4) is 5.75 Å². The second-order valence-electron chi connectivity index (χ2n) is 7.95. The first-order valence-electron chi connectivity index (χ1n) is 10.3. The summed E-state index contributed by atoms with van der Waals surface area (Å²) in [4.78, 5) is 19.9. The molecular formula is C21H29FN4O4. The average Bonchev–Trinajstić information content (AvgIpc) is 3.21. The maximum atomic E-state index is 14.1. The van der Waals surface area contributed by atoms with Crippen molar-refractivity contribution < 1.29 is 23.6 Å². The summed E-state index contributed by atoms with van der Waals surface area (Å²) in [5, 5.41) is 13.0. The summed E-state index contributed by atoms with van der Waals surface area (Å²) in [6, 6.07) is 3.63. The molecule has 30 heavy (non-hydrogen) atoms. The number of aromatic nitrogens is 2. The van der Waals surface area contributed by atoms with Crippen LogP contribution in [-0.4, -0.2) is 64.9 Å². The van der Waals surface area contributed by atoms with Crippen LogP contribution in [0.15, 0.2) is 16.7 Å². The molecule has 8 nitrogen and oxygen atoms in total. The standard InChI is InChI=1S/C21H29FN4O4/c1-13(2)19-23-21(30-24-19)26-10-8-25(9-11-26)14(3)7-12-29-17-6-5-16(20(27)28)18(22)15(17)4/h5-6,13-14H,7-12H2,1-4H3,(H,27,28)/t14-/m1/s1. The number of carboxylic acids is 1. The smallest absolute Gasteiger partial charge is 0.338 e. The van der Waals surface area contributed by atoms with Crippen molar-refractivity contribution in [1.82, 2.24) is 15.0 Å². The second kappa shape index (κ2) is 9.42. The number of hydrogen-bond acceptors (Lipinski definition) is 7. The largest absolute Gasteiger partial charge is 0.493 e. The van der Waals surface area contributed by atoms with Crippen molar-refractivity contribution in [2.45, 2.75) is 46.1 Å². The molecule has 0 radical (unpaired) electrons. The van der Waals surface area contributed by atoms with Gasteiger partial charge in [-0.25, -0.2) is 9.18 Å². The lowest BCUT2D eigenvalue weighted by atomic mass is 10.1. The van der Waals surface area contributed by atoms with E-state index in [1.165, 1.54) is 19.1 Å². The number of carboxylic acid groups (broad SMARTS) is 1. The zero-order chi connectivity index (χ0) is 21.8. The SMILES string of the molecule is Cc1c(OCC[C@@H](C)N2CCN(c3nc(C(C)C)no3)CC2)ccc(C(=O)O)c1F. The van der Waals surface area contributed by atoms with E-state index in [4.69, 9.17) is 14.4 Å². The molecule has 1 fully saturated rings. The first-order chi connectivity index (χ1) is 14.3. The summed E-state index contributed by atoms with van der Waals surface area (Å²) < 4.78 is 25.2. The molecule has 0 saturated carbocycles. The number of ether oxygens (including phenoxy) is 1. The number of nitrogens with zero attached hydrogens (tertiary/aromatic N) is 4. The van der Waals surface area contributed by atoms with Crippen LogP contribution in [0.2, 0.25) is 0 Å². The van der Waals surface area contributed by atoms with Crippen LogP contribution in [0.3, 0.4) is 0 Å². The van der Waals surface area contributed by atoms with Gasteiger partial charge in [-0.05, 0) is 32.4 Å². The summed E-state index contributed by atoms with van der Waals surface area (Å²) in [7, 11) is 0. The molecule has 164 valence electrons. The molecule has 0 bridgehead atoms. The highest BCUT2D eigenvalue weighted by Crippen LogP contribution is 2.24. The average molecular weight is 420 g/mol. The zero-order valence-electron chi connectivity index (χ0n) is 17.9. The highest BCUT2D eigenvalue weighted by molar-refractivity contribution is 5.88. The second-order valence-corrected chi connectivity index (χ2v) is 7.95. The van der Waals surface area contributed by atoms with E-state index in [9.17, 15) is 9.18 Å². The van der Waals surface area contributed by atoms with Crippen LogP contribution >= 0.6 is 0 Å². The Morgan fingerprint density at radius 2 is 1.97 bits per heavy atom. The molecule has 2 aromatic rings. The van der Waals surface area contributed by atoms with E-state index in [-0.39, 0.29) is 17.0 Å². The normalized spacial score (nSPS) is 16.1. The summed E-state index contributed by atoms with van der Waals surface area (Å²) >= 11 is 0. The molecule has 1 aromatic carbocycles. The van der Waals surface area contributed by atoms with Gasteiger partial charge in [0.15, 0.2) is 5.82 Å². The number of carbonyl (C=O) groups is 1. The summed E-state index contributed by atoms with van der Waals surface area (Å²) in [6.07, 6.45) is 0.778.